The summed E-state index contributed by atoms with van der Waals surface area (Å²) >= 11 is 0. The van der Waals surface area contributed by atoms with Crippen LogP contribution >= 0.6 is 0 Å². The van der Waals surface area contributed by atoms with Crippen molar-refractivity contribution in [1.29, 1.82) is 0 Å². The van der Waals surface area contributed by atoms with Crippen molar-refractivity contribution >= 4 is 5.69 Å². The number of anilines is 1. The third-order valence-corrected chi connectivity index (χ3v) is 2.70. The van der Waals surface area contributed by atoms with E-state index in [-0.39, 0.29) is 0 Å². The van der Waals surface area contributed by atoms with Crippen molar-refractivity contribution in [1.82, 2.24) is 20.2 Å². The van der Waals surface area contributed by atoms with Crippen molar-refractivity contribution < 1.29 is 8.78 Å². The molecule has 0 unspecified atom stereocenters. The van der Waals surface area contributed by atoms with Crippen LogP contribution in [0.15, 0.2) is 12.1 Å². The first kappa shape index (κ1) is 12.4. The summed E-state index contributed by atoms with van der Waals surface area (Å²) in [5.74, 6) is 0.305. The summed E-state index contributed by atoms with van der Waals surface area (Å²) in [5, 5.41) is 10.8. The molecule has 0 atom stereocenters. The molecule has 2 N–H and O–H groups in total. The number of hydrogen-bond donors (Lipinski definition) is 1. The molecule has 96 valence electrons. The quantitative estimate of drug-likeness (QED) is 0.847. The fraction of sp³-hybridized carbons (Fsp3) is 0.364. The zero-order chi connectivity index (χ0) is 13.3. The Hall–Kier alpha value is -2.05. The highest BCUT2D eigenvalue weighted by atomic mass is 19.3. The topological polar surface area (TPSA) is 69.6 Å². The van der Waals surface area contributed by atoms with Crippen molar-refractivity contribution in [3.8, 4) is 11.4 Å². The van der Waals surface area contributed by atoms with Crippen LogP contribution < -0.4 is 5.73 Å². The van der Waals surface area contributed by atoms with Gasteiger partial charge in [-0.2, -0.15) is 0 Å². The van der Waals surface area contributed by atoms with Gasteiger partial charge in [-0.25, -0.2) is 13.5 Å². The van der Waals surface area contributed by atoms with Crippen LogP contribution in [0, 0.1) is 13.8 Å². The third kappa shape index (κ3) is 2.29. The molecule has 0 spiro atoms. The number of tetrazole rings is 1. The molecule has 7 heteroatoms. The lowest BCUT2D eigenvalue weighted by atomic mass is 10.0. The smallest absolute Gasteiger partial charge is 0.258 e. The van der Waals surface area contributed by atoms with Crippen molar-refractivity contribution in [2.24, 2.45) is 0 Å². The SMILES string of the molecule is Cc1cc(C)c(-c2nnnn2CC(F)F)cc1N. The number of nitrogens with two attached hydrogens (primary N) is 1. The first-order chi connectivity index (χ1) is 8.49. The minimum atomic E-state index is -2.50. The van der Waals surface area contributed by atoms with E-state index in [1.54, 1.807) is 6.07 Å². The summed E-state index contributed by atoms with van der Waals surface area (Å²) in [6.45, 7) is 3.22. The van der Waals surface area contributed by atoms with Crippen LogP contribution in [0.1, 0.15) is 11.1 Å². The van der Waals surface area contributed by atoms with Gasteiger partial charge in [0, 0.05) is 11.3 Å². The minimum absolute atomic E-state index is 0.305. The molecule has 0 aliphatic heterocycles. The number of nitrogens with zero attached hydrogens (tertiary/aromatic N) is 4. The van der Waals surface area contributed by atoms with E-state index < -0.39 is 13.0 Å². The highest BCUT2D eigenvalue weighted by Crippen LogP contribution is 2.26. The molecule has 0 fully saturated rings. The average molecular weight is 253 g/mol. The van der Waals surface area contributed by atoms with Crippen molar-refractivity contribution in [2.45, 2.75) is 26.8 Å². The lowest BCUT2D eigenvalue weighted by Crippen LogP contribution is -2.10. The van der Waals surface area contributed by atoms with Gasteiger partial charge in [0.1, 0.15) is 6.54 Å². The molecule has 0 amide bonds. The molecule has 18 heavy (non-hydrogen) atoms. The van der Waals surface area contributed by atoms with E-state index in [0.29, 0.717) is 17.1 Å². The fourth-order valence-electron chi connectivity index (χ4n) is 1.76. The molecule has 2 rings (SSSR count). The fourth-order valence-corrected chi connectivity index (χ4v) is 1.76. The summed E-state index contributed by atoms with van der Waals surface area (Å²) in [5.41, 5.74) is 8.91. The van der Waals surface area contributed by atoms with Gasteiger partial charge >= 0.3 is 0 Å². The van der Waals surface area contributed by atoms with Gasteiger partial charge in [0.05, 0.1) is 0 Å². The Morgan fingerprint density at radius 1 is 1.28 bits per heavy atom. The lowest BCUT2D eigenvalue weighted by molar-refractivity contribution is 0.121. The highest BCUT2D eigenvalue weighted by Gasteiger charge is 2.15. The molecule has 5 nitrogen and oxygen atoms in total. The molecule has 0 radical (unpaired) electrons. The van der Waals surface area contributed by atoms with Crippen LogP contribution in [-0.2, 0) is 6.54 Å². The Balaban J connectivity index is 2.49. The van der Waals surface area contributed by atoms with E-state index in [1.165, 1.54) is 0 Å². The first-order valence-corrected chi connectivity index (χ1v) is 5.40. The van der Waals surface area contributed by atoms with Crippen LogP contribution in [0.5, 0.6) is 0 Å². The Morgan fingerprint density at radius 3 is 2.67 bits per heavy atom. The van der Waals surface area contributed by atoms with Gasteiger partial charge in [0.15, 0.2) is 5.82 Å². The van der Waals surface area contributed by atoms with Gasteiger partial charge < -0.3 is 5.73 Å². The Bertz CT molecular complexity index is 565. The third-order valence-electron chi connectivity index (χ3n) is 2.70. The molecular weight excluding hydrogens is 240 g/mol. The number of aryl methyl sites for hydroxylation is 2. The Morgan fingerprint density at radius 2 is 2.00 bits per heavy atom. The Kier molecular flexibility index (Phi) is 3.22. The average Bonchev–Trinajstić information content (AvgIpc) is 2.70. The summed E-state index contributed by atoms with van der Waals surface area (Å²) in [6.07, 6.45) is -2.50. The van der Waals surface area contributed by atoms with Gasteiger partial charge in [0.25, 0.3) is 6.43 Å². The maximum atomic E-state index is 12.4. The summed E-state index contributed by atoms with van der Waals surface area (Å²) in [4.78, 5) is 0. The second kappa shape index (κ2) is 4.67. The molecule has 0 saturated heterocycles. The van der Waals surface area contributed by atoms with E-state index in [0.717, 1.165) is 15.8 Å². The first-order valence-electron chi connectivity index (χ1n) is 5.40. The second-order valence-electron chi connectivity index (χ2n) is 4.10. The molecular formula is C11H13F2N5. The van der Waals surface area contributed by atoms with Crippen molar-refractivity contribution in [2.75, 3.05) is 5.73 Å². The van der Waals surface area contributed by atoms with E-state index >= 15 is 0 Å². The zero-order valence-corrected chi connectivity index (χ0v) is 10.1. The number of alkyl halides is 2. The van der Waals surface area contributed by atoms with Gasteiger partial charge in [-0.15, -0.1) is 5.10 Å². The van der Waals surface area contributed by atoms with E-state index in [4.69, 9.17) is 5.73 Å². The van der Waals surface area contributed by atoms with E-state index in [1.807, 2.05) is 19.9 Å². The molecule has 0 saturated carbocycles. The van der Waals surface area contributed by atoms with Gasteiger partial charge in [-0.3, -0.25) is 0 Å². The number of aromatic nitrogens is 4. The minimum Gasteiger partial charge on any atom is -0.398 e. The maximum Gasteiger partial charge on any atom is 0.258 e. The van der Waals surface area contributed by atoms with Crippen molar-refractivity contribution in [3.63, 3.8) is 0 Å². The predicted molar refractivity (Wildman–Crippen MR) is 63.1 cm³/mol. The standard InChI is InChI=1S/C11H13F2N5/c1-6-3-7(2)9(14)4-8(6)11-15-16-17-18(11)5-10(12)13/h3-4,10H,5,14H2,1-2H3. The summed E-state index contributed by atoms with van der Waals surface area (Å²) < 4.78 is 25.9. The highest BCUT2D eigenvalue weighted by molar-refractivity contribution is 5.67. The number of hydrogen-bond acceptors (Lipinski definition) is 4. The van der Waals surface area contributed by atoms with Crippen molar-refractivity contribution in [3.05, 3.63) is 23.3 Å². The predicted octanol–water partition coefficient (Wildman–Crippen LogP) is 1.80. The molecule has 1 aromatic heterocycles. The van der Waals surface area contributed by atoms with Crippen LogP contribution in [0.4, 0.5) is 14.5 Å². The van der Waals surface area contributed by atoms with Gasteiger partial charge in [-0.05, 0) is 41.5 Å². The molecule has 0 aliphatic carbocycles. The van der Waals surface area contributed by atoms with Crippen LogP contribution in [0.25, 0.3) is 11.4 Å². The van der Waals surface area contributed by atoms with Gasteiger partial charge in [0.2, 0.25) is 0 Å². The van der Waals surface area contributed by atoms with Crippen LogP contribution in [0.3, 0.4) is 0 Å². The maximum absolute atomic E-state index is 12.4. The number of rotatable bonds is 3. The second-order valence-corrected chi connectivity index (χ2v) is 4.10. The summed E-state index contributed by atoms with van der Waals surface area (Å²) in [6, 6.07) is 3.59. The molecule has 1 heterocycles. The lowest BCUT2D eigenvalue weighted by Gasteiger charge is -2.09. The van der Waals surface area contributed by atoms with Gasteiger partial charge in [-0.1, -0.05) is 6.07 Å². The van der Waals surface area contributed by atoms with Crippen LogP contribution in [-0.4, -0.2) is 26.6 Å². The van der Waals surface area contributed by atoms with E-state index in [2.05, 4.69) is 15.5 Å². The summed E-state index contributed by atoms with van der Waals surface area (Å²) in [7, 11) is 0. The number of halogens is 2. The number of nitrogen functional groups attached to an aromatic ring is 1. The molecule has 0 aliphatic rings. The van der Waals surface area contributed by atoms with E-state index in [9.17, 15) is 8.78 Å². The Labute approximate surface area is 103 Å². The number of benzene rings is 1. The molecule has 0 bridgehead atoms. The largest absolute Gasteiger partial charge is 0.398 e. The normalized spacial score (nSPS) is 11.2. The van der Waals surface area contributed by atoms with Crippen LogP contribution in [0.2, 0.25) is 0 Å². The molecule has 2 aromatic rings. The molecule has 1 aromatic carbocycles. The zero-order valence-electron chi connectivity index (χ0n) is 10.1. The monoisotopic (exact) mass is 253 g/mol.